The van der Waals surface area contributed by atoms with Crippen LogP contribution in [0.15, 0.2) is 552 Å². The largest absolute Gasteiger partial charge is 0.316 e. The summed E-state index contributed by atoms with van der Waals surface area (Å²) in [5, 5.41) is 18.7. The Morgan fingerprint density at radius 2 is 0.299 bits per heavy atom. The van der Waals surface area contributed by atoms with Gasteiger partial charge in [0.05, 0.1) is 82.8 Å². The summed E-state index contributed by atoms with van der Waals surface area (Å²) in [4.78, 5) is 0. The number of aromatic nitrogens is 9. The van der Waals surface area contributed by atoms with E-state index < -0.39 is 0 Å². The highest BCUT2D eigenvalue weighted by atomic mass is 15.1. The molecule has 9 aromatic heterocycles. The zero-order chi connectivity index (χ0) is 96.7. The van der Waals surface area contributed by atoms with E-state index in [-0.39, 0.29) is 0 Å². The molecule has 0 bridgehead atoms. The summed E-state index contributed by atoms with van der Waals surface area (Å²) in [6, 6.07) is 194. The van der Waals surface area contributed by atoms with Crippen LogP contribution in [0.1, 0.15) is 0 Å². The third kappa shape index (κ3) is 14.1. The van der Waals surface area contributed by atoms with Crippen molar-refractivity contribution >= 4 is 164 Å². The van der Waals surface area contributed by atoms with Crippen molar-refractivity contribution in [3.8, 4) is 95.7 Å². The van der Waals surface area contributed by atoms with Crippen molar-refractivity contribution in [3.05, 3.63) is 552 Å². The zero-order valence-corrected chi connectivity index (χ0v) is 80.1. The normalized spacial score (nSPS) is 11.8. The van der Waals surface area contributed by atoms with Crippen LogP contribution in [0.4, 0.5) is 0 Å². The van der Waals surface area contributed by atoms with Crippen LogP contribution in [0.3, 0.4) is 0 Å². The third-order valence-electron chi connectivity index (χ3n) is 30.1. The van der Waals surface area contributed by atoms with Crippen molar-refractivity contribution in [1.29, 1.82) is 0 Å². The van der Waals surface area contributed by atoms with Crippen molar-refractivity contribution in [1.82, 2.24) is 41.1 Å². The summed E-state index contributed by atoms with van der Waals surface area (Å²) in [5.74, 6) is 0. The SMILES string of the molecule is c1ccc(-c2cc(-n3c4ccccc4c4cc(-c5ccccc5)ccc43)cc(-n3c4ccccc4c4cc5ccn(-c6ccccc6)c5cc43)c2)cc1.c1ccc(-c2cc(-n3c4ccccc4c4ccccc43)cc(-n3c4ccccc4c4cc5ccn(-c6ccccc6)c5cc43)c2)cc1.c1ccc(-c2ccc3c(c2)c2ccccc2n3-c2cccc(-n3c4ccccc4c4cc5ccn(-c6ccccc6)c5cc43)c2)cc1. The van der Waals surface area contributed by atoms with Crippen LogP contribution in [0.2, 0.25) is 0 Å². The number of rotatable bonds is 13. The fourth-order valence-electron chi connectivity index (χ4n) is 23.5. The van der Waals surface area contributed by atoms with Gasteiger partial charge in [0.25, 0.3) is 0 Å². The molecular weight excluding hydrogens is 1780 g/mol. The van der Waals surface area contributed by atoms with E-state index in [1.807, 2.05) is 0 Å². The molecule has 9 nitrogen and oxygen atoms in total. The fourth-order valence-corrected chi connectivity index (χ4v) is 23.5. The van der Waals surface area contributed by atoms with Crippen LogP contribution in [-0.4, -0.2) is 41.1 Å². The van der Waals surface area contributed by atoms with E-state index in [4.69, 9.17) is 0 Å². The van der Waals surface area contributed by atoms with E-state index in [2.05, 4.69) is 594 Å². The molecule has 31 rings (SSSR count). The maximum atomic E-state index is 2.46. The summed E-state index contributed by atoms with van der Waals surface area (Å²) in [5.41, 5.74) is 37.8. The monoisotopic (exact) mass is 1870 g/mol. The van der Waals surface area contributed by atoms with Crippen LogP contribution in [0, 0.1) is 0 Å². The molecule has 0 aliphatic carbocycles. The van der Waals surface area contributed by atoms with Gasteiger partial charge in [-0.05, 0) is 257 Å². The molecule has 688 valence electrons. The molecule has 22 aromatic carbocycles. The molecule has 0 amide bonds. The summed E-state index contributed by atoms with van der Waals surface area (Å²) in [6.45, 7) is 0. The minimum atomic E-state index is 1.12. The first kappa shape index (κ1) is 84.2. The standard InChI is InChI=1S/C50H33N3.2C44H29N3/c1-4-14-34(15-5-1)36-24-25-48-44(30-36)42-20-10-12-22-46(42)52(48)40-28-38(35-16-6-2-7-17-35)29-41(32-40)53-47-23-13-11-21-43(47)45-31-37-26-27-51(49(37)33-50(45)53)39-18-8-3-9-19-39;1-3-13-30(14-4-1)32-25-34(46-40-20-10-7-17-36(40)37-18-8-11-21-41(37)46)28-35(26-32)47-42-22-12-9-19-38(42)39-27-31-23-24-45(43(31)29-44(39)47)33-15-5-2-6-16-33;1-3-12-30(13-4-1)31-22-23-42-38(26-31)36-18-7-9-20-40(36)46(42)34-16-11-17-35(28-34)47-41-21-10-8-19-37(41)39-27-32-24-25-45(43(32)29-44(39)47)33-14-5-2-6-15-33/h1-33H;2*1-29H. The molecule has 0 spiro atoms. The van der Waals surface area contributed by atoms with Gasteiger partial charge in [0.2, 0.25) is 0 Å². The molecule has 9 heterocycles. The lowest BCUT2D eigenvalue weighted by molar-refractivity contribution is 1.12. The molecular formula is C138H91N9. The van der Waals surface area contributed by atoms with Gasteiger partial charge in [0.1, 0.15) is 0 Å². The van der Waals surface area contributed by atoms with Gasteiger partial charge in [0.15, 0.2) is 0 Å². The van der Waals surface area contributed by atoms with E-state index in [1.165, 1.54) is 208 Å². The molecule has 0 fully saturated rings. The lowest BCUT2D eigenvalue weighted by Gasteiger charge is -2.16. The average molecular weight is 1880 g/mol. The molecule has 147 heavy (non-hydrogen) atoms. The van der Waals surface area contributed by atoms with E-state index in [0.29, 0.717) is 0 Å². The summed E-state index contributed by atoms with van der Waals surface area (Å²) >= 11 is 0. The molecule has 0 N–H and O–H groups in total. The Morgan fingerprint density at radius 1 is 0.0952 bits per heavy atom. The van der Waals surface area contributed by atoms with Gasteiger partial charge in [-0.25, -0.2) is 0 Å². The Kier molecular flexibility index (Phi) is 19.8. The molecule has 0 aliphatic heterocycles. The molecule has 0 saturated carbocycles. The predicted octanol–water partition coefficient (Wildman–Crippen LogP) is 36.1. The number of hydrogen-bond donors (Lipinski definition) is 0. The lowest BCUT2D eigenvalue weighted by Crippen LogP contribution is -2.00. The second-order valence-electron chi connectivity index (χ2n) is 38.4. The van der Waals surface area contributed by atoms with Crippen molar-refractivity contribution < 1.29 is 0 Å². The molecule has 0 saturated heterocycles. The van der Waals surface area contributed by atoms with E-state index in [9.17, 15) is 0 Å². The first-order chi connectivity index (χ1) is 72.9. The van der Waals surface area contributed by atoms with E-state index in [0.717, 1.165) is 51.2 Å². The van der Waals surface area contributed by atoms with Crippen molar-refractivity contribution in [3.63, 3.8) is 0 Å². The number of fused-ring (bicyclic) bond motifs is 21. The van der Waals surface area contributed by atoms with Gasteiger partial charge in [0, 0.05) is 151 Å². The molecule has 0 atom stereocenters. The van der Waals surface area contributed by atoms with Gasteiger partial charge in [-0.3, -0.25) is 0 Å². The number of benzene rings is 22. The summed E-state index contributed by atoms with van der Waals surface area (Å²) in [6.07, 6.45) is 6.55. The van der Waals surface area contributed by atoms with Crippen molar-refractivity contribution in [2.45, 2.75) is 0 Å². The molecule has 0 unspecified atom stereocenters. The van der Waals surface area contributed by atoms with Crippen LogP contribution < -0.4 is 0 Å². The Morgan fingerprint density at radius 3 is 0.585 bits per heavy atom. The third-order valence-corrected chi connectivity index (χ3v) is 30.1. The van der Waals surface area contributed by atoms with Gasteiger partial charge in [-0.15, -0.1) is 0 Å². The molecule has 0 radical (unpaired) electrons. The van der Waals surface area contributed by atoms with E-state index in [1.54, 1.807) is 0 Å². The highest BCUT2D eigenvalue weighted by Crippen LogP contribution is 2.47. The second-order valence-corrected chi connectivity index (χ2v) is 38.4. The predicted molar refractivity (Wildman–Crippen MR) is 618 cm³/mol. The number of para-hydroxylation sites is 10. The average Bonchev–Trinajstić information content (AvgIpc) is 1.56. The molecule has 0 aliphatic rings. The number of hydrogen-bond acceptors (Lipinski definition) is 0. The highest BCUT2D eigenvalue weighted by molar-refractivity contribution is 6.19. The fraction of sp³-hybridized carbons (Fsp3) is 0. The first-order valence-electron chi connectivity index (χ1n) is 50.4. The highest BCUT2D eigenvalue weighted by Gasteiger charge is 2.26. The Balaban J connectivity index is 0.000000104. The first-order valence-corrected chi connectivity index (χ1v) is 50.4. The Labute approximate surface area is 846 Å². The maximum Gasteiger partial charge on any atom is 0.0562 e. The maximum absolute atomic E-state index is 2.46. The molecule has 9 heteroatoms. The number of nitrogens with zero attached hydrogens (tertiary/aromatic N) is 9. The minimum absolute atomic E-state index is 1.12. The topological polar surface area (TPSA) is 44.4 Å². The molecule has 31 aromatic rings. The van der Waals surface area contributed by atoms with Crippen molar-refractivity contribution in [2.75, 3.05) is 0 Å². The van der Waals surface area contributed by atoms with Crippen LogP contribution >= 0.6 is 0 Å². The Hall–Kier alpha value is -19.7. The van der Waals surface area contributed by atoms with Gasteiger partial charge < -0.3 is 41.1 Å². The quantitative estimate of drug-likeness (QED) is 0.110. The lowest BCUT2D eigenvalue weighted by atomic mass is 10.0. The minimum Gasteiger partial charge on any atom is -0.316 e. The van der Waals surface area contributed by atoms with Crippen LogP contribution in [0.25, 0.3) is 259 Å². The van der Waals surface area contributed by atoms with Crippen molar-refractivity contribution in [2.24, 2.45) is 0 Å². The summed E-state index contributed by atoms with van der Waals surface area (Å²) < 4.78 is 21.5. The second kappa shape index (κ2) is 34.6. The van der Waals surface area contributed by atoms with Crippen LogP contribution in [-0.2, 0) is 0 Å². The van der Waals surface area contributed by atoms with Gasteiger partial charge in [-0.2, -0.15) is 0 Å². The van der Waals surface area contributed by atoms with Gasteiger partial charge in [-0.1, -0.05) is 322 Å². The van der Waals surface area contributed by atoms with Gasteiger partial charge >= 0.3 is 0 Å². The van der Waals surface area contributed by atoms with E-state index >= 15 is 0 Å². The van der Waals surface area contributed by atoms with Crippen LogP contribution in [0.5, 0.6) is 0 Å². The smallest absolute Gasteiger partial charge is 0.0562 e. The zero-order valence-electron chi connectivity index (χ0n) is 80.1. The summed E-state index contributed by atoms with van der Waals surface area (Å²) in [7, 11) is 0. The Bertz CT molecular complexity index is 10600.